The minimum absolute atomic E-state index is 0.0806. The molecule has 0 aliphatic heterocycles. The van der Waals surface area contributed by atoms with E-state index in [4.69, 9.17) is 5.11 Å². The first kappa shape index (κ1) is 12.8. The molecule has 0 aromatic heterocycles. The van der Waals surface area contributed by atoms with Gasteiger partial charge in [-0.25, -0.2) is 4.79 Å². The monoisotopic (exact) mass is 252 g/mol. The first-order valence-corrected chi connectivity index (χ1v) is 5.77. The first-order chi connectivity index (χ1) is 9.16. The van der Waals surface area contributed by atoms with E-state index in [9.17, 15) is 9.59 Å². The molecule has 0 aliphatic rings. The van der Waals surface area contributed by atoms with E-state index in [1.165, 1.54) is 18.2 Å². The molecule has 0 radical (unpaired) electrons. The molecule has 19 heavy (non-hydrogen) atoms. The summed E-state index contributed by atoms with van der Waals surface area (Å²) in [5.74, 6) is -1.04. The van der Waals surface area contributed by atoms with Crippen LogP contribution in [0.15, 0.2) is 60.7 Å². The summed E-state index contributed by atoms with van der Waals surface area (Å²) in [4.78, 5) is 22.5. The fourth-order valence-electron chi connectivity index (χ4n) is 1.61. The molecule has 0 atom stereocenters. The molecule has 0 fully saturated rings. The Kier molecular flexibility index (Phi) is 3.88. The Labute approximate surface area is 110 Å². The Morgan fingerprint density at radius 2 is 1.47 bits per heavy atom. The van der Waals surface area contributed by atoms with Gasteiger partial charge in [-0.05, 0) is 23.8 Å². The van der Waals surface area contributed by atoms with Crippen molar-refractivity contribution >= 4 is 17.8 Å². The average molecular weight is 252 g/mol. The van der Waals surface area contributed by atoms with Gasteiger partial charge in [0.2, 0.25) is 0 Å². The minimum Gasteiger partial charge on any atom is -0.478 e. The Bertz CT molecular complexity index is 610. The van der Waals surface area contributed by atoms with Crippen LogP contribution in [0.3, 0.4) is 0 Å². The zero-order valence-electron chi connectivity index (χ0n) is 10.1. The summed E-state index contributed by atoms with van der Waals surface area (Å²) >= 11 is 0. The van der Waals surface area contributed by atoms with Gasteiger partial charge in [0.05, 0.1) is 5.56 Å². The summed E-state index contributed by atoms with van der Waals surface area (Å²) < 4.78 is 0. The van der Waals surface area contributed by atoms with Crippen LogP contribution in [-0.2, 0) is 0 Å². The number of aromatic carboxylic acids is 1. The van der Waals surface area contributed by atoms with E-state index in [-0.39, 0.29) is 11.3 Å². The van der Waals surface area contributed by atoms with E-state index in [2.05, 4.69) is 0 Å². The molecule has 3 heteroatoms. The van der Waals surface area contributed by atoms with Crippen molar-refractivity contribution in [1.82, 2.24) is 0 Å². The third-order valence-corrected chi connectivity index (χ3v) is 2.64. The van der Waals surface area contributed by atoms with Crippen LogP contribution in [0.5, 0.6) is 0 Å². The van der Waals surface area contributed by atoms with Crippen LogP contribution >= 0.6 is 0 Å². The first-order valence-electron chi connectivity index (χ1n) is 5.77. The van der Waals surface area contributed by atoms with Gasteiger partial charge in [0.15, 0.2) is 5.78 Å². The summed E-state index contributed by atoms with van der Waals surface area (Å²) in [6.07, 6.45) is 3.14. The third-order valence-electron chi connectivity index (χ3n) is 2.64. The number of ketones is 1. The zero-order valence-corrected chi connectivity index (χ0v) is 10.1. The van der Waals surface area contributed by atoms with Crippen molar-refractivity contribution in [2.24, 2.45) is 0 Å². The second-order valence-corrected chi connectivity index (χ2v) is 3.99. The summed E-state index contributed by atoms with van der Waals surface area (Å²) in [7, 11) is 0. The van der Waals surface area contributed by atoms with E-state index in [1.807, 2.05) is 18.2 Å². The van der Waals surface area contributed by atoms with Gasteiger partial charge in [0.1, 0.15) is 0 Å². The molecule has 2 rings (SSSR count). The molecule has 0 amide bonds. The topological polar surface area (TPSA) is 54.4 Å². The van der Waals surface area contributed by atoms with Crippen molar-refractivity contribution in [3.63, 3.8) is 0 Å². The maximum atomic E-state index is 11.8. The lowest BCUT2D eigenvalue weighted by atomic mass is 10.1. The van der Waals surface area contributed by atoms with Crippen molar-refractivity contribution in [2.75, 3.05) is 0 Å². The highest BCUT2D eigenvalue weighted by Crippen LogP contribution is 2.08. The number of carboxylic acid groups (broad SMARTS) is 1. The summed E-state index contributed by atoms with van der Waals surface area (Å²) in [6, 6.07) is 15.3. The van der Waals surface area contributed by atoms with Gasteiger partial charge in [-0.3, -0.25) is 4.79 Å². The summed E-state index contributed by atoms with van der Waals surface area (Å²) in [6.45, 7) is 0. The van der Waals surface area contributed by atoms with Gasteiger partial charge >= 0.3 is 5.97 Å². The van der Waals surface area contributed by atoms with Gasteiger partial charge in [-0.2, -0.15) is 0 Å². The molecule has 0 spiro atoms. The van der Waals surface area contributed by atoms with Crippen LogP contribution in [0, 0.1) is 0 Å². The predicted octanol–water partition coefficient (Wildman–Crippen LogP) is 3.28. The second-order valence-electron chi connectivity index (χ2n) is 3.99. The zero-order chi connectivity index (χ0) is 13.7. The van der Waals surface area contributed by atoms with Crippen LogP contribution in [-0.4, -0.2) is 16.9 Å². The Morgan fingerprint density at radius 1 is 0.842 bits per heavy atom. The normalized spacial score (nSPS) is 10.5. The fourth-order valence-corrected chi connectivity index (χ4v) is 1.61. The maximum absolute atomic E-state index is 11.8. The van der Waals surface area contributed by atoms with Gasteiger partial charge in [-0.1, -0.05) is 48.5 Å². The third kappa shape index (κ3) is 3.39. The van der Waals surface area contributed by atoms with Crippen LogP contribution in [0.25, 0.3) is 6.08 Å². The van der Waals surface area contributed by atoms with E-state index >= 15 is 0 Å². The van der Waals surface area contributed by atoms with Crippen LogP contribution in [0.1, 0.15) is 26.3 Å². The lowest BCUT2D eigenvalue weighted by Gasteiger charge is -1.96. The number of hydrogen-bond donors (Lipinski definition) is 1. The number of rotatable bonds is 4. The van der Waals surface area contributed by atoms with Gasteiger partial charge in [0.25, 0.3) is 0 Å². The molecule has 0 aliphatic carbocycles. The number of hydrogen-bond acceptors (Lipinski definition) is 2. The molecular formula is C16H12O3. The molecule has 2 aromatic rings. The van der Waals surface area contributed by atoms with Crippen molar-refractivity contribution in [3.05, 3.63) is 77.4 Å². The average Bonchev–Trinajstić information content (AvgIpc) is 2.46. The van der Waals surface area contributed by atoms with Crippen LogP contribution < -0.4 is 0 Å². The summed E-state index contributed by atoms with van der Waals surface area (Å²) in [5.41, 5.74) is 1.64. The van der Waals surface area contributed by atoms with Crippen molar-refractivity contribution in [1.29, 1.82) is 0 Å². The molecule has 1 N–H and O–H groups in total. The van der Waals surface area contributed by atoms with E-state index < -0.39 is 5.97 Å². The Morgan fingerprint density at radius 3 is 2.05 bits per heavy atom. The molecule has 0 unspecified atom stereocenters. The SMILES string of the molecule is O=C(O)c1ccc(/C=C/C(=O)c2ccccc2)cc1. The second kappa shape index (κ2) is 5.78. The molecule has 0 saturated carbocycles. The van der Waals surface area contributed by atoms with Crippen LogP contribution in [0.2, 0.25) is 0 Å². The van der Waals surface area contributed by atoms with Crippen molar-refractivity contribution in [3.8, 4) is 0 Å². The van der Waals surface area contributed by atoms with Crippen molar-refractivity contribution in [2.45, 2.75) is 0 Å². The molecule has 0 heterocycles. The molecular weight excluding hydrogens is 240 g/mol. The van der Waals surface area contributed by atoms with Gasteiger partial charge in [0, 0.05) is 5.56 Å². The number of carbonyl (C=O) groups is 2. The molecule has 2 aromatic carbocycles. The highest BCUT2D eigenvalue weighted by Gasteiger charge is 2.01. The summed E-state index contributed by atoms with van der Waals surface area (Å²) in [5, 5.41) is 8.77. The number of carbonyl (C=O) groups excluding carboxylic acids is 1. The molecule has 3 nitrogen and oxygen atoms in total. The largest absolute Gasteiger partial charge is 0.478 e. The molecule has 0 bridgehead atoms. The lowest BCUT2D eigenvalue weighted by molar-refractivity contribution is 0.0696. The van der Waals surface area contributed by atoms with E-state index in [0.717, 1.165) is 5.56 Å². The highest BCUT2D eigenvalue weighted by molar-refractivity contribution is 6.06. The van der Waals surface area contributed by atoms with Gasteiger partial charge in [-0.15, -0.1) is 0 Å². The number of benzene rings is 2. The smallest absolute Gasteiger partial charge is 0.335 e. The standard InChI is InChI=1S/C16H12O3/c17-15(13-4-2-1-3-5-13)11-8-12-6-9-14(10-7-12)16(18)19/h1-11H,(H,18,19)/b11-8+. The quantitative estimate of drug-likeness (QED) is 0.671. The molecule has 94 valence electrons. The predicted molar refractivity (Wildman–Crippen MR) is 73.2 cm³/mol. The number of allylic oxidation sites excluding steroid dienone is 1. The maximum Gasteiger partial charge on any atom is 0.335 e. The number of carboxylic acids is 1. The Balaban J connectivity index is 2.10. The Hall–Kier alpha value is -2.68. The highest BCUT2D eigenvalue weighted by atomic mass is 16.4. The minimum atomic E-state index is -0.962. The fraction of sp³-hybridized carbons (Fsp3) is 0. The lowest BCUT2D eigenvalue weighted by Crippen LogP contribution is -1.95. The van der Waals surface area contributed by atoms with Gasteiger partial charge < -0.3 is 5.11 Å². The van der Waals surface area contributed by atoms with Crippen molar-refractivity contribution < 1.29 is 14.7 Å². The molecule has 0 saturated heterocycles. The van der Waals surface area contributed by atoms with Crippen LogP contribution in [0.4, 0.5) is 0 Å². The van der Waals surface area contributed by atoms with E-state index in [1.54, 1.807) is 30.3 Å². The van der Waals surface area contributed by atoms with E-state index in [0.29, 0.717) is 5.56 Å².